The number of piperazine rings is 1. The van der Waals surface area contributed by atoms with Crippen LogP contribution < -0.4 is 4.90 Å². The number of hydrogen-bond donors (Lipinski definition) is 0. The van der Waals surface area contributed by atoms with Gasteiger partial charge in [0.05, 0.1) is 24.6 Å². The molecule has 0 radical (unpaired) electrons. The molecule has 1 atom stereocenters. The molecular formula is C25H26N6O. The highest BCUT2D eigenvalue weighted by molar-refractivity contribution is 5.77. The van der Waals surface area contributed by atoms with Crippen molar-refractivity contribution in [1.82, 2.24) is 19.4 Å². The van der Waals surface area contributed by atoms with E-state index < -0.39 is 0 Å². The molecule has 3 heterocycles. The summed E-state index contributed by atoms with van der Waals surface area (Å²) < 4.78 is 8.28. The van der Waals surface area contributed by atoms with Crippen molar-refractivity contribution in [1.29, 1.82) is 0 Å². The first kappa shape index (κ1) is 20.3. The number of hydrogen-bond acceptors (Lipinski definition) is 5. The van der Waals surface area contributed by atoms with E-state index in [1.54, 1.807) is 0 Å². The van der Waals surface area contributed by atoms with Crippen molar-refractivity contribution >= 4 is 22.8 Å². The average Bonchev–Trinajstić information content (AvgIpc) is 3.47. The molecule has 0 N–H and O–H groups in total. The van der Waals surface area contributed by atoms with Crippen LogP contribution in [0.25, 0.3) is 15.9 Å². The Balaban J connectivity index is 1.24. The normalized spacial score (nSPS) is 15.7. The second-order valence-electron chi connectivity index (χ2n) is 8.35. The van der Waals surface area contributed by atoms with Gasteiger partial charge in [0.25, 0.3) is 6.01 Å². The number of fused-ring (bicyclic) bond motifs is 1. The number of imidazole rings is 1. The maximum atomic E-state index is 7.14. The minimum absolute atomic E-state index is 0.163. The number of benzene rings is 2. The summed E-state index contributed by atoms with van der Waals surface area (Å²) in [6.07, 6.45) is 3.86. The van der Waals surface area contributed by atoms with E-state index in [0.717, 1.165) is 55.4 Å². The fourth-order valence-electron chi connectivity index (χ4n) is 4.33. The van der Waals surface area contributed by atoms with Crippen molar-refractivity contribution in [2.75, 3.05) is 31.1 Å². The van der Waals surface area contributed by atoms with Crippen molar-refractivity contribution in [3.63, 3.8) is 0 Å². The molecule has 0 amide bonds. The summed E-state index contributed by atoms with van der Waals surface area (Å²) in [6, 6.07) is 14.8. The lowest BCUT2D eigenvalue weighted by Crippen LogP contribution is -2.46. The minimum Gasteiger partial charge on any atom is -0.423 e. The number of rotatable bonds is 5. The van der Waals surface area contributed by atoms with Crippen LogP contribution in [0, 0.1) is 13.5 Å². The van der Waals surface area contributed by atoms with Gasteiger partial charge in [0, 0.05) is 38.9 Å². The van der Waals surface area contributed by atoms with Gasteiger partial charge in [-0.3, -0.25) is 4.90 Å². The molecule has 0 unspecified atom stereocenters. The number of para-hydroxylation sites is 1. The molecular weight excluding hydrogens is 400 g/mol. The molecule has 0 saturated carbocycles. The Hall–Kier alpha value is -3.63. The SMILES string of the molecule is [C-]#[N+]c1ccc([C@@H](C)n2cncc2CN2CCN(c3nc4cccc(C)c4o3)CC2)cc1. The van der Waals surface area contributed by atoms with Crippen molar-refractivity contribution in [3.05, 3.63) is 83.2 Å². The zero-order valence-corrected chi connectivity index (χ0v) is 18.4. The van der Waals surface area contributed by atoms with Gasteiger partial charge in [0.1, 0.15) is 5.52 Å². The zero-order chi connectivity index (χ0) is 22.1. The molecule has 7 heteroatoms. The lowest BCUT2D eigenvalue weighted by atomic mass is 10.1. The van der Waals surface area contributed by atoms with Crippen molar-refractivity contribution in [2.45, 2.75) is 26.4 Å². The first-order chi connectivity index (χ1) is 15.6. The van der Waals surface area contributed by atoms with Crippen LogP contribution in [-0.2, 0) is 6.54 Å². The third-order valence-electron chi connectivity index (χ3n) is 6.30. The monoisotopic (exact) mass is 426 g/mol. The molecule has 7 nitrogen and oxygen atoms in total. The summed E-state index contributed by atoms with van der Waals surface area (Å²) in [5, 5.41) is 0. The topological polar surface area (TPSA) is 54.7 Å². The third-order valence-corrected chi connectivity index (χ3v) is 6.30. The van der Waals surface area contributed by atoms with Gasteiger partial charge in [0.2, 0.25) is 0 Å². The van der Waals surface area contributed by atoms with Gasteiger partial charge in [-0.05, 0) is 31.0 Å². The summed E-state index contributed by atoms with van der Waals surface area (Å²) in [7, 11) is 0. The van der Waals surface area contributed by atoms with Crippen LogP contribution >= 0.6 is 0 Å². The minimum atomic E-state index is 0.163. The second kappa shape index (κ2) is 8.48. The highest BCUT2D eigenvalue weighted by Crippen LogP contribution is 2.26. The van der Waals surface area contributed by atoms with E-state index in [2.05, 4.69) is 49.1 Å². The maximum absolute atomic E-state index is 7.14. The fraction of sp³-hybridized carbons (Fsp3) is 0.320. The Labute approximate surface area is 187 Å². The van der Waals surface area contributed by atoms with E-state index in [1.165, 1.54) is 11.3 Å². The number of aryl methyl sites for hydroxylation is 1. The number of aromatic nitrogens is 3. The van der Waals surface area contributed by atoms with Crippen LogP contribution in [0.2, 0.25) is 0 Å². The van der Waals surface area contributed by atoms with Gasteiger partial charge >= 0.3 is 0 Å². The molecule has 2 aromatic carbocycles. The largest absolute Gasteiger partial charge is 0.423 e. The smallest absolute Gasteiger partial charge is 0.298 e. The molecule has 1 aliphatic heterocycles. The molecule has 5 rings (SSSR count). The highest BCUT2D eigenvalue weighted by Gasteiger charge is 2.23. The first-order valence-corrected chi connectivity index (χ1v) is 10.9. The number of anilines is 1. The molecule has 162 valence electrons. The molecule has 1 fully saturated rings. The first-order valence-electron chi connectivity index (χ1n) is 10.9. The van der Waals surface area contributed by atoms with Crippen LogP contribution in [-0.4, -0.2) is 45.6 Å². The van der Waals surface area contributed by atoms with Crippen LogP contribution in [0.3, 0.4) is 0 Å². The number of oxazole rings is 1. The summed E-state index contributed by atoms with van der Waals surface area (Å²) in [6.45, 7) is 15.9. The van der Waals surface area contributed by atoms with Gasteiger partial charge in [-0.15, -0.1) is 0 Å². The Morgan fingerprint density at radius 1 is 1.09 bits per heavy atom. The van der Waals surface area contributed by atoms with Crippen molar-refractivity contribution in [3.8, 4) is 0 Å². The zero-order valence-electron chi connectivity index (χ0n) is 18.4. The lowest BCUT2D eigenvalue weighted by Gasteiger charge is -2.34. The lowest BCUT2D eigenvalue weighted by molar-refractivity contribution is 0.239. The Bertz CT molecular complexity index is 1260. The third kappa shape index (κ3) is 3.85. The summed E-state index contributed by atoms with van der Waals surface area (Å²) in [4.78, 5) is 17.3. The van der Waals surface area contributed by atoms with E-state index in [9.17, 15) is 0 Å². The Morgan fingerprint density at radius 3 is 2.59 bits per heavy atom. The van der Waals surface area contributed by atoms with Gasteiger partial charge in [-0.1, -0.05) is 36.4 Å². The van der Waals surface area contributed by atoms with Crippen molar-refractivity contribution < 1.29 is 4.42 Å². The van der Waals surface area contributed by atoms with E-state index in [0.29, 0.717) is 5.69 Å². The summed E-state index contributed by atoms with van der Waals surface area (Å²) in [5.41, 5.74) is 5.95. The van der Waals surface area contributed by atoms with E-state index in [1.807, 2.05) is 48.9 Å². The Morgan fingerprint density at radius 2 is 1.88 bits per heavy atom. The van der Waals surface area contributed by atoms with Crippen molar-refractivity contribution in [2.24, 2.45) is 0 Å². The van der Waals surface area contributed by atoms with Crippen LogP contribution in [0.4, 0.5) is 11.7 Å². The predicted octanol–water partition coefficient (Wildman–Crippen LogP) is 4.82. The standard InChI is InChI=1S/C25H26N6O/c1-18-5-4-6-23-24(18)32-25(28-23)30-13-11-29(12-14-30)16-22-15-27-17-31(22)19(2)20-7-9-21(26-3)10-8-20/h4-10,15,17,19H,11-14,16H2,1-2H3/t19-/m1/s1. The highest BCUT2D eigenvalue weighted by atomic mass is 16.4. The van der Waals surface area contributed by atoms with Crippen LogP contribution in [0.1, 0.15) is 29.8 Å². The fourth-order valence-corrected chi connectivity index (χ4v) is 4.33. The Kier molecular flexibility index (Phi) is 5.38. The number of nitrogens with zero attached hydrogens (tertiary/aromatic N) is 6. The van der Waals surface area contributed by atoms with Gasteiger partial charge in [-0.25, -0.2) is 9.83 Å². The summed E-state index contributed by atoms with van der Waals surface area (Å²) in [5.74, 6) is 0. The van der Waals surface area contributed by atoms with E-state index in [4.69, 9.17) is 11.0 Å². The van der Waals surface area contributed by atoms with Gasteiger partial charge < -0.3 is 13.9 Å². The van der Waals surface area contributed by atoms with Gasteiger partial charge in [0.15, 0.2) is 11.3 Å². The molecule has 2 aromatic heterocycles. The average molecular weight is 427 g/mol. The molecule has 1 saturated heterocycles. The quantitative estimate of drug-likeness (QED) is 0.429. The molecule has 0 aliphatic carbocycles. The molecule has 4 aromatic rings. The maximum Gasteiger partial charge on any atom is 0.298 e. The molecule has 1 aliphatic rings. The van der Waals surface area contributed by atoms with E-state index in [-0.39, 0.29) is 6.04 Å². The molecule has 0 spiro atoms. The van der Waals surface area contributed by atoms with Crippen LogP contribution in [0.15, 0.2) is 59.4 Å². The second-order valence-corrected chi connectivity index (χ2v) is 8.35. The molecule has 32 heavy (non-hydrogen) atoms. The summed E-state index contributed by atoms with van der Waals surface area (Å²) >= 11 is 0. The van der Waals surface area contributed by atoms with Gasteiger partial charge in [-0.2, -0.15) is 4.98 Å². The molecule has 0 bridgehead atoms. The van der Waals surface area contributed by atoms with Crippen LogP contribution in [0.5, 0.6) is 0 Å². The predicted molar refractivity (Wildman–Crippen MR) is 125 cm³/mol. The van der Waals surface area contributed by atoms with E-state index >= 15 is 0 Å².